The maximum atomic E-state index is 10.1. The van der Waals surface area contributed by atoms with Crippen molar-refractivity contribution in [2.75, 3.05) is 26.4 Å². The molecule has 1 aromatic carbocycles. The van der Waals surface area contributed by atoms with Crippen molar-refractivity contribution in [1.82, 2.24) is 0 Å². The van der Waals surface area contributed by atoms with Gasteiger partial charge in [-0.1, -0.05) is 29.3 Å². The van der Waals surface area contributed by atoms with Gasteiger partial charge in [0.25, 0.3) is 0 Å². The van der Waals surface area contributed by atoms with Crippen LogP contribution >= 0.6 is 0 Å². The van der Waals surface area contributed by atoms with E-state index in [1.54, 1.807) is 0 Å². The van der Waals surface area contributed by atoms with Gasteiger partial charge in [0.2, 0.25) is 0 Å². The Hall–Kier alpha value is -0.900. The number of ether oxygens (including phenoxy) is 2. The zero-order valence-corrected chi connectivity index (χ0v) is 11.2. The highest BCUT2D eigenvalue weighted by molar-refractivity contribution is 5.29. The van der Waals surface area contributed by atoms with Crippen LogP contribution in [0.25, 0.3) is 0 Å². The maximum Gasteiger partial charge on any atom is 0.102 e. The third-order valence-corrected chi connectivity index (χ3v) is 3.28. The monoisotopic (exact) mass is 250 g/mol. The van der Waals surface area contributed by atoms with Crippen LogP contribution < -0.4 is 0 Å². The lowest BCUT2D eigenvalue weighted by Gasteiger charge is -2.15. The van der Waals surface area contributed by atoms with Crippen molar-refractivity contribution in [1.29, 1.82) is 0 Å². The van der Waals surface area contributed by atoms with Crippen molar-refractivity contribution in [2.45, 2.75) is 26.4 Å². The van der Waals surface area contributed by atoms with Crippen LogP contribution in [0.5, 0.6) is 0 Å². The van der Waals surface area contributed by atoms with Crippen molar-refractivity contribution in [2.24, 2.45) is 5.92 Å². The molecule has 2 rings (SSSR count). The van der Waals surface area contributed by atoms with Gasteiger partial charge in [-0.05, 0) is 25.8 Å². The van der Waals surface area contributed by atoms with Crippen LogP contribution in [0.3, 0.4) is 0 Å². The largest absolute Gasteiger partial charge is 0.386 e. The van der Waals surface area contributed by atoms with E-state index in [-0.39, 0.29) is 0 Å². The summed E-state index contributed by atoms with van der Waals surface area (Å²) in [6.07, 6.45) is 0.533. The Morgan fingerprint density at radius 3 is 2.67 bits per heavy atom. The third kappa shape index (κ3) is 3.80. The van der Waals surface area contributed by atoms with Gasteiger partial charge in [-0.2, -0.15) is 0 Å². The second-order valence-corrected chi connectivity index (χ2v) is 5.20. The standard InChI is InChI=1S/C15H22O3/c1-11-5-12(2)7-14(6-11)15(16)10-18-9-13-3-4-17-8-13/h5-7,13,15-16H,3-4,8-10H2,1-2H3. The molecule has 0 amide bonds. The molecular formula is C15H22O3. The fourth-order valence-corrected chi connectivity index (χ4v) is 2.36. The molecule has 18 heavy (non-hydrogen) atoms. The van der Waals surface area contributed by atoms with Gasteiger partial charge in [0.15, 0.2) is 0 Å². The van der Waals surface area contributed by atoms with Crippen molar-refractivity contribution in [3.63, 3.8) is 0 Å². The van der Waals surface area contributed by atoms with E-state index < -0.39 is 6.10 Å². The molecule has 3 nitrogen and oxygen atoms in total. The summed E-state index contributed by atoms with van der Waals surface area (Å²) in [5.74, 6) is 0.497. The number of aliphatic hydroxyl groups is 1. The number of hydrogen-bond acceptors (Lipinski definition) is 3. The lowest BCUT2D eigenvalue weighted by Crippen LogP contribution is -2.14. The molecule has 1 saturated heterocycles. The van der Waals surface area contributed by atoms with Gasteiger partial charge >= 0.3 is 0 Å². The van der Waals surface area contributed by atoms with Crippen molar-refractivity contribution in [3.8, 4) is 0 Å². The second kappa shape index (κ2) is 6.32. The van der Waals surface area contributed by atoms with Crippen LogP contribution in [0.1, 0.15) is 29.2 Å². The number of benzene rings is 1. The molecule has 0 radical (unpaired) electrons. The predicted octanol–water partition coefficient (Wildman–Crippen LogP) is 2.39. The molecule has 0 aliphatic carbocycles. The predicted molar refractivity (Wildman–Crippen MR) is 70.6 cm³/mol. The first-order chi connectivity index (χ1) is 8.65. The molecule has 0 spiro atoms. The van der Waals surface area contributed by atoms with Crippen LogP contribution in [0.2, 0.25) is 0 Å². The smallest absolute Gasteiger partial charge is 0.102 e. The van der Waals surface area contributed by atoms with Crippen molar-refractivity contribution < 1.29 is 14.6 Å². The quantitative estimate of drug-likeness (QED) is 0.872. The summed E-state index contributed by atoms with van der Waals surface area (Å²) in [4.78, 5) is 0. The first-order valence-electron chi connectivity index (χ1n) is 6.57. The minimum Gasteiger partial charge on any atom is -0.386 e. The van der Waals surface area contributed by atoms with Crippen molar-refractivity contribution >= 4 is 0 Å². The molecule has 3 heteroatoms. The lowest BCUT2D eigenvalue weighted by atomic mass is 10.0. The first-order valence-corrected chi connectivity index (χ1v) is 6.57. The molecule has 1 aromatic rings. The van der Waals surface area contributed by atoms with Crippen LogP contribution in [-0.2, 0) is 9.47 Å². The Bertz CT molecular complexity index is 363. The number of rotatable bonds is 5. The van der Waals surface area contributed by atoms with Crippen LogP contribution in [0.15, 0.2) is 18.2 Å². The van der Waals surface area contributed by atoms with Crippen molar-refractivity contribution in [3.05, 3.63) is 34.9 Å². The third-order valence-electron chi connectivity index (χ3n) is 3.28. The Morgan fingerprint density at radius 2 is 2.06 bits per heavy atom. The summed E-state index contributed by atoms with van der Waals surface area (Å²) in [5, 5.41) is 10.1. The van der Waals surface area contributed by atoms with E-state index in [4.69, 9.17) is 9.47 Å². The van der Waals surface area contributed by atoms with Gasteiger partial charge in [0, 0.05) is 12.5 Å². The van der Waals surface area contributed by atoms with Gasteiger partial charge in [-0.25, -0.2) is 0 Å². The van der Waals surface area contributed by atoms with Crippen LogP contribution in [0, 0.1) is 19.8 Å². The molecule has 0 bridgehead atoms. The second-order valence-electron chi connectivity index (χ2n) is 5.20. The lowest BCUT2D eigenvalue weighted by molar-refractivity contribution is 0.0184. The fourth-order valence-electron chi connectivity index (χ4n) is 2.36. The molecule has 0 saturated carbocycles. The summed E-state index contributed by atoms with van der Waals surface area (Å²) < 4.78 is 10.9. The molecule has 1 aliphatic rings. The number of aryl methyl sites for hydroxylation is 2. The summed E-state index contributed by atoms with van der Waals surface area (Å²) in [7, 11) is 0. The Balaban J connectivity index is 1.81. The molecule has 2 unspecified atom stereocenters. The highest BCUT2D eigenvalue weighted by Gasteiger charge is 2.16. The fraction of sp³-hybridized carbons (Fsp3) is 0.600. The molecular weight excluding hydrogens is 228 g/mol. The van der Waals surface area contributed by atoms with E-state index in [1.807, 2.05) is 26.0 Å². The van der Waals surface area contributed by atoms with E-state index in [1.165, 1.54) is 11.1 Å². The topological polar surface area (TPSA) is 38.7 Å². The average molecular weight is 250 g/mol. The van der Waals surface area contributed by atoms with E-state index in [0.717, 1.165) is 25.2 Å². The summed E-state index contributed by atoms with van der Waals surface area (Å²) in [5.41, 5.74) is 3.29. The molecule has 0 aromatic heterocycles. The molecule has 1 N–H and O–H groups in total. The zero-order chi connectivity index (χ0) is 13.0. The van der Waals surface area contributed by atoms with Gasteiger partial charge in [0.1, 0.15) is 6.10 Å². The van der Waals surface area contributed by atoms with Crippen LogP contribution in [0.4, 0.5) is 0 Å². The molecule has 1 heterocycles. The molecule has 1 fully saturated rings. The van der Waals surface area contributed by atoms with Gasteiger partial charge < -0.3 is 14.6 Å². The van der Waals surface area contributed by atoms with Gasteiger partial charge in [0.05, 0.1) is 19.8 Å². The van der Waals surface area contributed by atoms with E-state index in [2.05, 4.69) is 6.07 Å². The minimum atomic E-state index is -0.536. The zero-order valence-electron chi connectivity index (χ0n) is 11.2. The number of aliphatic hydroxyl groups excluding tert-OH is 1. The van der Waals surface area contributed by atoms with E-state index in [0.29, 0.717) is 19.1 Å². The highest BCUT2D eigenvalue weighted by Crippen LogP contribution is 2.18. The summed E-state index contributed by atoms with van der Waals surface area (Å²) in [6, 6.07) is 6.13. The highest BCUT2D eigenvalue weighted by atomic mass is 16.5. The SMILES string of the molecule is Cc1cc(C)cc(C(O)COCC2CCOC2)c1. The molecule has 1 aliphatic heterocycles. The maximum absolute atomic E-state index is 10.1. The van der Waals surface area contributed by atoms with Gasteiger partial charge in [-0.15, -0.1) is 0 Å². The summed E-state index contributed by atoms with van der Waals surface area (Å²) in [6.45, 7) is 6.76. The normalized spacial score (nSPS) is 21.2. The van der Waals surface area contributed by atoms with Gasteiger partial charge in [-0.3, -0.25) is 0 Å². The summed E-state index contributed by atoms with van der Waals surface area (Å²) >= 11 is 0. The van der Waals surface area contributed by atoms with E-state index in [9.17, 15) is 5.11 Å². The van der Waals surface area contributed by atoms with E-state index >= 15 is 0 Å². The average Bonchev–Trinajstić information content (AvgIpc) is 2.80. The van der Waals surface area contributed by atoms with Crippen LogP contribution in [-0.4, -0.2) is 31.5 Å². The Morgan fingerprint density at radius 1 is 1.33 bits per heavy atom. The Labute approximate surface area is 109 Å². The number of hydrogen-bond donors (Lipinski definition) is 1. The Kier molecular flexibility index (Phi) is 4.75. The molecule has 2 atom stereocenters. The first kappa shape index (κ1) is 13.5. The minimum absolute atomic E-state index is 0.361. The molecule has 100 valence electrons.